The minimum Gasteiger partial charge on any atom is -0.494 e. The molecule has 3 aromatic carbocycles. The number of pyridine rings is 1. The van der Waals surface area contributed by atoms with Gasteiger partial charge in [-0.15, -0.1) is 0 Å². The standard InChI is InChI=1S/C30H28ClN5O2/c1-19(37)36(16-15-35(2)3)24-11-9-23(10-12-24)33-29(21-7-6-20-5-4-14-32-26(20)17-21)28-25-13-8-22(31)18-27(25)34-30(28)38/h4-14,17-18,34,38H,15-16H2,1-3H3. The van der Waals surface area contributed by atoms with E-state index in [0.717, 1.165) is 34.1 Å². The van der Waals surface area contributed by atoms with Crippen molar-refractivity contribution in [3.05, 3.63) is 95.1 Å². The average Bonchev–Trinajstić information content (AvgIpc) is 3.22. The Bertz CT molecular complexity index is 1660. The number of aromatic amines is 1. The largest absolute Gasteiger partial charge is 0.494 e. The van der Waals surface area contributed by atoms with E-state index in [9.17, 15) is 9.90 Å². The Morgan fingerprint density at radius 2 is 1.82 bits per heavy atom. The number of aliphatic imine (C=N–C) groups is 1. The summed E-state index contributed by atoms with van der Waals surface area (Å²) in [6.07, 6.45) is 1.75. The molecule has 1 amide bonds. The smallest absolute Gasteiger partial charge is 0.223 e. The Morgan fingerprint density at radius 1 is 1.03 bits per heavy atom. The van der Waals surface area contributed by atoms with Crippen molar-refractivity contribution in [2.24, 2.45) is 4.99 Å². The van der Waals surface area contributed by atoms with Gasteiger partial charge in [0.1, 0.15) is 0 Å². The minimum atomic E-state index is -0.0187. The summed E-state index contributed by atoms with van der Waals surface area (Å²) >= 11 is 6.20. The van der Waals surface area contributed by atoms with Crippen LogP contribution >= 0.6 is 11.6 Å². The van der Waals surface area contributed by atoms with Crippen molar-refractivity contribution in [3.8, 4) is 5.88 Å². The van der Waals surface area contributed by atoms with E-state index in [-0.39, 0.29) is 11.8 Å². The third-order valence-electron chi connectivity index (χ3n) is 6.41. The van der Waals surface area contributed by atoms with Gasteiger partial charge in [-0.05, 0) is 62.6 Å². The van der Waals surface area contributed by atoms with Gasteiger partial charge in [0.15, 0.2) is 5.88 Å². The van der Waals surface area contributed by atoms with Crippen LogP contribution in [0, 0.1) is 0 Å². The zero-order valence-corrected chi connectivity index (χ0v) is 22.2. The summed E-state index contributed by atoms with van der Waals surface area (Å²) in [7, 11) is 3.96. The van der Waals surface area contributed by atoms with Gasteiger partial charge in [0.2, 0.25) is 5.91 Å². The van der Waals surface area contributed by atoms with Gasteiger partial charge in [-0.25, -0.2) is 4.99 Å². The van der Waals surface area contributed by atoms with Crippen LogP contribution in [0.15, 0.2) is 84.0 Å². The second-order valence-corrected chi connectivity index (χ2v) is 9.84. The van der Waals surface area contributed by atoms with Crippen LogP contribution in [0.5, 0.6) is 5.88 Å². The van der Waals surface area contributed by atoms with Crippen molar-refractivity contribution in [1.29, 1.82) is 0 Å². The highest BCUT2D eigenvalue weighted by Gasteiger charge is 2.20. The third-order valence-corrected chi connectivity index (χ3v) is 6.65. The van der Waals surface area contributed by atoms with Crippen LogP contribution in [-0.4, -0.2) is 58.8 Å². The number of aromatic hydroxyl groups is 1. The fraction of sp³-hybridized carbons (Fsp3) is 0.167. The molecular formula is C30H28ClN5O2. The molecule has 0 aliphatic rings. The lowest BCUT2D eigenvalue weighted by Gasteiger charge is -2.23. The molecule has 0 unspecified atom stereocenters. The quantitative estimate of drug-likeness (QED) is 0.249. The van der Waals surface area contributed by atoms with E-state index in [2.05, 4.69) is 9.97 Å². The number of nitrogens with one attached hydrogen (secondary N) is 1. The van der Waals surface area contributed by atoms with Crippen LogP contribution in [0.1, 0.15) is 18.1 Å². The number of aromatic nitrogens is 2. The Balaban J connectivity index is 1.62. The molecule has 2 heterocycles. The van der Waals surface area contributed by atoms with Crippen molar-refractivity contribution >= 4 is 56.4 Å². The number of hydrogen-bond donors (Lipinski definition) is 2. The number of hydrogen-bond acceptors (Lipinski definition) is 5. The molecule has 5 rings (SSSR count). The molecule has 8 heteroatoms. The van der Waals surface area contributed by atoms with E-state index in [4.69, 9.17) is 16.6 Å². The maximum atomic E-state index is 12.3. The highest BCUT2D eigenvalue weighted by molar-refractivity contribution is 6.31. The lowest BCUT2D eigenvalue weighted by atomic mass is 9.99. The predicted molar refractivity (Wildman–Crippen MR) is 155 cm³/mol. The molecule has 0 atom stereocenters. The zero-order valence-electron chi connectivity index (χ0n) is 21.4. The molecule has 0 fully saturated rings. The Kier molecular flexibility index (Phi) is 7.13. The van der Waals surface area contributed by atoms with Crippen molar-refractivity contribution in [2.45, 2.75) is 6.92 Å². The third kappa shape index (κ3) is 5.25. The minimum absolute atomic E-state index is 0.00481. The van der Waals surface area contributed by atoms with Crippen molar-refractivity contribution in [1.82, 2.24) is 14.9 Å². The lowest BCUT2D eigenvalue weighted by molar-refractivity contribution is -0.116. The number of benzene rings is 3. The van der Waals surface area contributed by atoms with Gasteiger partial charge < -0.3 is 19.9 Å². The number of halogens is 1. The van der Waals surface area contributed by atoms with Crippen LogP contribution in [0.2, 0.25) is 5.02 Å². The Labute approximate surface area is 226 Å². The van der Waals surface area contributed by atoms with Crippen molar-refractivity contribution < 1.29 is 9.90 Å². The normalized spacial score (nSPS) is 12.0. The SMILES string of the molecule is CC(=O)N(CCN(C)C)c1ccc(N=C(c2ccc3cccnc3c2)c2c(O)[nH]c3cc(Cl)ccc23)cc1. The molecule has 0 spiro atoms. The van der Waals surface area contributed by atoms with E-state index in [1.807, 2.05) is 79.7 Å². The predicted octanol–water partition coefficient (Wildman–Crippen LogP) is 6.16. The molecule has 0 aliphatic heterocycles. The number of anilines is 1. The molecule has 38 heavy (non-hydrogen) atoms. The molecular weight excluding hydrogens is 498 g/mol. The number of carbonyl (C=O) groups is 1. The molecule has 7 nitrogen and oxygen atoms in total. The molecule has 2 N–H and O–H groups in total. The number of H-pyrrole nitrogens is 1. The first-order chi connectivity index (χ1) is 18.3. The first-order valence-corrected chi connectivity index (χ1v) is 12.7. The van der Waals surface area contributed by atoms with Gasteiger partial charge >= 0.3 is 0 Å². The van der Waals surface area contributed by atoms with Crippen LogP contribution in [0.4, 0.5) is 11.4 Å². The molecule has 0 radical (unpaired) electrons. The summed E-state index contributed by atoms with van der Waals surface area (Å²) in [6, 6.07) is 22.8. The zero-order chi connectivity index (χ0) is 26.8. The maximum Gasteiger partial charge on any atom is 0.223 e. The van der Waals surface area contributed by atoms with Gasteiger partial charge in [0.05, 0.1) is 28.0 Å². The highest BCUT2D eigenvalue weighted by atomic mass is 35.5. The lowest BCUT2D eigenvalue weighted by Crippen LogP contribution is -2.35. The number of likely N-dealkylation sites (N-methyl/N-ethyl adjacent to an activating group) is 1. The van der Waals surface area contributed by atoms with E-state index in [0.29, 0.717) is 34.0 Å². The summed E-state index contributed by atoms with van der Waals surface area (Å²) in [5.74, 6) is -0.0139. The van der Waals surface area contributed by atoms with Crippen LogP contribution in [0.3, 0.4) is 0 Å². The first-order valence-electron chi connectivity index (χ1n) is 12.3. The van der Waals surface area contributed by atoms with E-state index in [1.54, 1.807) is 30.2 Å². The van der Waals surface area contributed by atoms with E-state index in [1.165, 1.54) is 0 Å². The number of nitrogens with zero attached hydrogens (tertiary/aromatic N) is 4. The fourth-order valence-corrected chi connectivity index (χ4v) is 4.65. The summed E-state index contributed by atoms with van der Waals surface area (Å²) in [5.41, 5.74) is 5.00. The molecule has 192 valence electrons. The molecule has 0 aliphatic carbocycles. The van der Waals surface area contributed by atoms with Gasteiger partial charge in [0, 0.05) is 53.3 Å². The monoisotopic (exact) mass is 525 g/mol. The van der Waals surface area contributed by atoms with Gasteiger partial charge in [-0.1, -0.05) is 35.9 Å². The molecule has 0 saturated heterocycles. The second-order valence-electron chi connectivity index (χ2n) is 9.40. The van der Waals surface area contributed by atoms with Crippen LogP contribution in [0.25, 0.3) is 21.8 Å². The molecule has 2 aromatic heterocycles. The molecule has 5 aromatic rings. The summed E-state index contributed by atoms with van der Waals surface area (Å²) < 4.78 is 0. The molecule has 0 bridgehead atoms. The summed E-state index contributed by atoms with van der Waals surface area (Å²) in [6.45, 7) is 2.91. The van der Waals surface area contributed by atoms with Crippen molar-refractivity contribution in [2.75, 3.05) is 32.1 Å². The fourth-order valence-electron chi connectivity index (χ4n) is 4.48. The summed E-state index contributed by atoms with van der Waals surface area (Å²) in [4.78, 5) is 28.6. The number of fused-ring (bicyclic) bond motifs is 2. The number of carbonyl (C=O) groups excluding carboxylic acids is 1. The Hall–Kier alpha value is -4.20. The topological polar surface area (TPSA) is 84.8 Å². The first kappa shape index (κ1) is 25.4. The van der Waals surface area contributed by atoms with E-state index >= 15 is 0 Å². The van der Waals surface area contributed by atoms with Crippen LogP contribution in [-0.2, 0) is 4.79 Å². The molecule has 0 saturated carbocycles. The number of amides is 1. The van der Waals surface area contributed by atoms with E-state index < -0.39 is 0 Å². The Morgan fingerprint density at radius 3 is 2.55 bits per heavy atom. The van der Waals surface area contributed by atoms with Crippen LogP contribution < -0.4 is 4.90 Å². The van der Waals surface area contributed by atoms with Gasteiger partial charge in [-0.3, -0.25) is 9.78 Å². The second kappa shape index (κ2) is 10.7. The number of rotatable bonds is 7. The maximum absolute atomic E-state index is 12.3. The van der Waals surface area contributed by atoms with Crippen molar-refractivity contribution in [3.63, 3.8) is 0 Å². The summed E-state index contributed by atoms with van der Waals surface area (Å²) in [5, 5.41) is 13.4. The van der Waals surface area contributed by atoms with Gasteiger partial charge in [0.25, 0.3) is 0 Å². The van der Waals surface area contributed by atoms with Gasteiger partial charge in [-0.2, -0.15) is 0 Å². The average molecular weight is 526 g/mol. The highest BCUT2D eigenvalue weighted by Crippen LogP contribution is 2.33.